The highest BCUT2D eigenvalue weighted by atomic mass is 19.1. The molecule has 18 heavy (non-hydrogen) atoms. The zero-order valence-electron chi connectivity index (χ0n) is 9.94. The van der Waals surface area contributed by atoms with Crippen LogP contribution in [0.5, 0.6) is 0 Å². The molecule has 1 N–H and O–H groups in total. The molecule has 0 atom stereocenters. The molecule has 92 valence electrons. The molecule has 0 spiro atoms. The van der Waals surface area contributed by atoms with Gasteiger partial charge in [0.2, 0.25) is 0 Å². The molecule has 0 radical (unpaired) electrons. The van der Waals surface area contributed by atoms with Crippen LogP contribution in [-0.4, -0.2) is 21.0 Å². The molecular formula is C13H11FN2O2. The lowest BCUT2D eigenvalue weighted by atomic mass is 10.1. The SMILES string of the molecule is Cc1cc(-c2ncc(C)c(C(=O)O)n2)ccc1F. The Labute approximate surface area is 103 Å². The van der Waals surface area contributed by atoms with Gasteiger partial charge in [-0.15, -0.1) is 0 Å². The summed E-state index contributed by atoms with van der Waals surface area (Å²) in [4.78, 5) is 19.0. The van der Waals surface area contributed by atoms with E-state index in [4.69, 9.17) is 5.11 Å². The number of aryl methyl sites for hydroxylation is 2. The van der Waals surface area contributed by atoms with E-state index in [9.17, 15) is 9.18 Å². The van der Waals surface area contributed by atoms with Crippen LogP contribution in [-0.2, 0) is 0 Å². The van der Waals surface area contributed by atoms with Crippen LogP contribution in [0.3, 0.4) is 0 Å². The molecular weight excluding hydrogens is 235 g/mol. The van der Waals surface area contributed by atoms with Gasteiger partial charge in [-0.25, -0.2) is 19.2 Å². The van der Waals surface area contributed by atoms with E-state index in [1.54, 1.807) is 19.9 Å². The topological polar surface area (TPSA) is 63.1 Å². The highest BCUT2D eigenvalue weighted by Crippen LogP contribution is 2.19. The lowest BCUT2D eigenvalue weighted by Gasteiger charge is -2.05. The molecule has 5 heteroatoms. The first kappa shape index (κ1) is 12.2. The summed E-state index contributed by atoms with van der Waals surface area (Å²) < 4.78 is 13.2. The monoisotopic (exact) mass is 246 g/mol. The Bertz CT molecular complexity index is 626. The van der Waals surface area contributed by atoms with Crippen molar-refractivity contribution in [1.29, 1.82) is 0 Å². The van der Waals surface area contributed by atoms with Gasteiger partial charge in [-0.2, -0.15) is 0 Å². The smallest absolute Gasteiger partial charge is 0.354 e. The third kappa shape index (κ3) is 2.20. The van der Waals surface area contributed by atoms with Crippen molar-refractivity contribution in [3.63, 3.8) is 0 Å². The van der Waals surface area contributed by atoms with Gasteiger partial charge in [0.15, 0.2) is 11.5 Å². The Hall–Kier alpha value is -2.30. The highest BCUT2D eigenvalue weighted by molar-refractivity contribution is 5.87. The molecule has 0 saturated heterocycles. The summed E-state index contributed by atoms with van der Waals surface area (Å²) in [6.07, 6.45) is 1.45. The van der Waals surface area contributed by atoms with Crippen molar-refractivity contribution in [2.75, 3.05) is 0 Å². The lowest BCUT2D eigenvalue weighted by Crippen LogP contribution is -2.06. The summed E-state index contributed by atoms with van der Waals surface area (Å²) in [6.45, 7) is 3.26. The van der Waals surface area contributed by atoms with E-state index in [0.717, 1.165) is 0 Å². The first-order chi connectivity index (χ1) is 8.49. The average Bonchev–Trinajstić information content (AvgIpc) is 2.33. The minimum atomic E-state index is -1.10. The standard InChI is InChI=1S/C13H11FN2O2/c1-7-5-9(3-4-10(7)14)12-15-6-8(2)11(16-12)13(17)18/h3-6H,1-2H3,(H,17,18). The number of carboxylic acids is 1. The molecule has 1 aromatic heterocycles. The molecule has 2 aromatic rings. The minimum Gasteiger partial charge on any atom is -0.477 e. The van der Waals surface area contributed by atoms with Crippen LogP contribution in [0.15, 0.2) is 24.4 Å². The molecule has 1 heterocycles. The van der Waals surface area contributed by atoms with E-state index in [-0.39, 0.29) is 17.3 Å². The number of carbonyl (C=O) groups is 1. The zero-order valence-corrected chi connectivity index (χ0v) is 9.94. The molecule has 0 fully saturated rings. The van der Waals surface area contributed by atoms with Gasteiger partial charge >= 0.3 is 5.97 Å². The van der Waals surface area contributed by atoms with Gasteiger partial charge in [0, 0.05) is 17.3 Å². The van der Waals surface area contributed by atoms with Gasteiger partial charge in [-0.1, -0.05) is 0 Å². The third-order valence-electron chi connectivity index (χ3n) is 2.59. The summed E-state index contributed by atoms with van der Waals surface area (Å²) in [5.41, 5.74) is 1.51. The summed E-state index contributed by atoms with van der Waals surface area (Å²) in [5.74, 6) is -1.14. The van der Waals surface area contributed by atoms with Crippen LogP contribution in [0, 0.1) is 19.7 Å². The van der Waals surface area contributed by atoms with E-state index in [0.29, 0.717) is 16.7 Å². The van der Waals surface area contributed by atoms with Crippen LogP contribution in [0.1, 0.15) is 21.6 Å². The summed E-state index contributed by atoms with van der Waals surface area (Å²) in [6, 6.07) is 4.43. The van der Waals surface area contributed by atoms with E-state index in [2.05, 4.69) is 9.97 Å². The van der Waals surface area contributed by atoms with Crippen molar-refractivity contribution in [2.24, 2.45) is 0 Å². The quantitative estimate of drug-likeness (QED) is 0.884. The maximum Gasteiger partial charge on any atom is 0.354 e. The maximum atomic E-state index is 13.2. The van der Waals surface area contributed by atoms with Gasteiger partial charge in [-0.3, -0.25) is 0 Å². The number of hydrogen-bond donors (Lipinski definition) is 1. The fourth-order valence-corrected chi connectivity index (χ4v) is 1.58. The van der Waals surface area contributed by atoms with Crippen LogP contribution in [0.4, 0.5) is 4.39 Å². The molecule has 0 unspecified atom stereocenters. The fourth-order valence-electron chi connectivity index (χ4n) is 1.58. The van der Waals surface area contributed by atoms with Crippen molar-refractivity contribution >= 4 is 5.97 Å². The van der Waals surface area contributed by atoms with Crippen LogP contribution in [0.2, 0.25) is 0 Å². The molecule has 0 amide bonds. The second-order valence-electron chi connectivity index (χ2n) is 3.99. The Morgan fingerprint density at radius 1 is 1.28 bits per heavy atom. The molecule has 4 nitrogen and oxygen atoms in total. The van der Waals surface area contributed by atoms with Crippen LogP contribution in [0.25, 0.3) is 11.4 Å². The van der Waals surface area contributed by atoms with Crippen molar-refractivity contribution < 1.29 is 14.3 Å². The number of carboxylic acid groups (broad SMARTS) is 1. The molecule has 2 rings (SSSR count). The molecule has 0 saturated carbocycles. The first-order valence-corrected chi connectivity index (χ1v) is 5.32. The van der Waals surface area contributed by atoms with E-state index >= 15 is 0 Å². The minimum absolute atomic E-state index is 0.0398. The number of halogens is 1. The van der Waals surface area contributed by atoms with Gasteiger partial charge < -0.3 is 5.11 Å². The zero-order chi connectivity index (χ0) is 13.3. The van der Waals surface area contributed by atoms with Gasteiger partial charge in [0.05, 0.1) is 0 Å². The third-order valence-corrected chi connectivity index (χ3v) is 2.59. The second-order valence-corrected chi connectivity index (χ2v) is 3.99. The van der Waals surface area contributed by atoms with E-state index < -0.39 is 5.97 Å². The highest BCUT2D eigenvalue weighted by Gasteiger charge is 2.12. The second kappa shape index (κ2) is 4.52. The number of nitrogens with zero attached hydrogens (tertiary/aromatic N) is 2. The fraction of sp³-hybridized carbons (Fsp3) is 0.154. The Balaban J connectivity index is 2.54. The normalized spacial score (nSPS) is 10.4. The van der Waals surface area contributed by atoms with Crippen molar-refractivity contribution in [3.8, 4) is 11.4 Å². The Kier molecular flexibility index (Phi) is 3.06. The average molecular weight is 246 g/mol. The predicted molar refractivity (Wildman–Crippen MR) is 63.9 cm³/mol. The largest absolute Gasteiger partial charge is 0.477 e. The molecule has 0 bridgehead atoms. The summed E-state index contributed by atoms with van der Waals surface area (Å²) in [7, 11) is 0. The van der Waals surface area contributed by atoms with E-state index in [1.165, 1.54) is 18.3 Å². The van der Waals surface area contributed by atoms with Crippen LogP contribution >= 0.6 is 0 Å². The Morgan fingerprint density at radius 3 is 2.61 bits per heavy atom. The predicted octanol–water partition coefficient (Wildman–Crippen LogP) is 2.60. The first-order valence-electron chi connectivity index (χ1n) is 5.32. The maximum absolute atomic E-state index is 13.2. The number of aromatic carboxylic acids is 1. The van der Waals surface area contributed by atoms with Gasteiger partial charge in [0.1, 0.15) is 5.82 Å². The van der Waals surface area contributed by atoms with Crippen LogP contribution < -0.4 is 0 Å². The van der Waals surface area contributed by atoms with Crippen molar-refractivity contribution in [3.05, 3.63) is 47.0 Å². The number of benzene rings is 1. The molecule has 0 aliphatic heterocycles. The van der Waals surface area contributed by atoms with E-state index in [1.807, 2.05) is 0 Å². The number of rotatable bonds is 2. The summed E-state index contributed by atoms with van der Waals surface area (Å²) >= 11 is 0. The number of aromatic nitrogens is 2. The summed E-state index contributed by atoms with van der Waals surface area (Å²) in [5, 5.41) is 8.99. The lowest BCUT2D eigenvalue weighted by molar-refractivity contribution is 0.0689. The van der Waals surface area contributed by atoms with Gasteiger partial charge in [0.25, 0.3) is 0 Å². The Morgan fingerprint density at radius 2 is 2.00 bits per heavy atom. The molecule has 0 aliphatic carbocycles. The van der Waals surface area contributed by atoms with Crippen molar-refractivity contribution in [2.45, 2.75) is 13.8 Å². The van der Waals surface area contributed by atoms with Gasteiger partial charge in [-0.05, 0) is 37.6 Å². The molecule has 1 aromatic carbocycles. The number of hydrogen-bond acceptors (Lipinski definition) is 3. The molecule has 0 aliphatic rings. The van der Waals surface area contributed by atoms with Crippen molar-refractivity contribution in [1.82, 2.24) is 9.97 Å².